The number of nitrogens with zero attached hydrogens (tertiary/aromatic N) is 1. The molecule has 1 unspecified atom stereocenters. The maximum Gasteiger partial charge on any atom is 0.265 e. The number of sulfonamides is 1. The number of hydrogen-bond donors (Lipinski definition) is 2. The highest BCUT2D eigenvalue weighted by Crippen LogP contribution is 2.40. The van der Waals surface area contributed by atoms with Crippen molar-refractivity contribution >= 4 is 38.8 Å². The number of amidine groups is 1. The van der Waals surface area contributed by atoms with Crippen molar-refractivity contribution in [3.05, 3.63) is 45.6 Å². The predicted molar refractivity (Wildman–Crippen MR) is 126 cm³/mol. The smallest absolute Gasteiger partial charge is 0.265 e. The van der Waals surface area contributed by atoms with Crippen molar-refractivity contribution in [2.75, 3.05) is 11.9 Å². The molecule has 8 heteroatoms. The molecule has 1 aromatic heterocycles. The third-order valence-corrected chi connectivity index (χ3v) is 8.67. The fourth-order valence-corrected chi connectivity index (χ4v) is 6.38. The molecular formula is C23H29N3O3S2. The van der Waals surface area contributed by atoms with E-state index in [4.69, 9.17) is 0 Å². The van der Waals surface area contributed by atoms with Crippen LogP contribution in [0.15, 0.2) is 40.2 Å². The maximum absolute atomic E-state index is 12.9. The molecule has 2 heterocycles. The summed E-state index contributed by atoms with van der Waals surface area (Å²) in [7, 11) is -3.72. The summed E-state index contributed by atoms with van der Waals surface area (Å²) >= 11 is 1.55. The van der Waals surface area contributed by atoms with Gasteiger partial charge in [-0.25, -0.2) is 8.42 Å². The third-order valence-electron chi connectivity index (χ3n) is 6.06. The molecule has 0 saturated carbocycles. The molecule has 6 nitrogen and oxygen atoms in total. The number of anilines is 1. The topological polar surface area (TPSA) is 87.6 Å². The first-order chi connectivity index (χ1) is 14.6. The Hall–Kier alpha value is -2.19. The second-order valence-electron chi connectivity index (χ2n) is 9.38. The molecule has 1 aliphatic carbocycles. The number of rotatable bonds is 4. The summed E-state index contributed by atoms with van der Waals surface area (Å²) < 4.78 is 27.8. The molecule has 1 atom stereocenters. The van der Waals surface area contributed by atoms with E-state index in [1.807, 2.05) is 6.07 Å². The molecule has 2 N–H and O–H groups in total. The second kappa shape index (κ2) is 8.39. The number of aliphatic imine (C=N–C) groups is 1. The van der Waals surface area contributed by atoms with E-state index in [0.29, 0.717) is 35.3 Å². The fourth-order valence-electron chi connectivity index (χ4n) is 4.15. The zero-order valence-electron chi connectivity index (χ0n) is 18.2. The minimum absolute atomic E-state index is 0.110. The van der Waals surface area contributed by atoms with Crippen LogP contribution in [0.1, 0.15) is 60.1 Å². The van der Waals surface area contributed by atoms with Crippen LogP contribution in [0.3, 0.4) is 0 Å². The summed E-state index contributed by atoms with van der Waals surface area (Å²) in [5.74, 6) is 0.908. The van der Waals surface area contributed by atoms with Gasteiger partial charge in [-0.15, -0.1) is 11.3 Å². The normalized spacial score (nSPS) is 18.9. The lowest BCUT2D eigenvalue weighted by Gasteiger charge is -2.33. The zero-order chi connectivity index (χ0) is 22.2. The SMILES string of the molecule is CC(C)(C)C1CCc2sc(C(=O)Nc3cccc(S(=O)(=O)NC4=NCCC4)c3)cc2C1. The molecule has 1 aromatic carbocycles. The van der Waals surface area contributed by atoms with Crippen LogP contribution in [-0.2, 0) is 22.9 Å². The van der Waals surface area contributed by atoms with Crippen molar-refractivity contribution in [2.45, 2.75) is 57.8 Å². The highest BCUT2D eigenvalue weighted by Gasteiger charge is 2.30. The molecule has 4 rings (SSSR count). The first-order valence-corrected chi connectivity index (χ1v) is 13.0. The van der Waals surface area contributed by atoms with E-state index in [2.05, 4.69) is 35.8 Å². The van der Waals surface area contributed by atoms with Crippen LogP contribution in [0.5, 0.6) is 0 Å². The van der Waals surface area contributed by atoms with Gasteiger partial charge in [0.05, 0.1) is 9.77 Å². The Morgan fingerprint density at radius 1 is 1.19 bits per heavy atom. The van der Waals surface area contributed by atoms with E-state index in [1.165, 1.54) is 22.6 Å². The van der Waals surface area contributed by atoms with Crippen LogP contribution in [0.4, 0.5) is 5.69 Å². The molecule has 2 aliphatic rings. The molecule has 0 saturated heterocycles. The van der Waals surface area contributed by atoms with Gasteiger partial charge in [-0.1, -0.05) is 26.8 Å². The van der Waals surface area contributed by atoms with Crippen molar-refractivity contribution < 1.29 is 13.2 Å². The maximum atomic E-state index is 12.9. The van der Waals surface area contributed by atoms with Gasteiger partial charge in [0.1, 0.15) is 5.84 Å². The molecule has 166 valence electrons. The van der Waals surface area contributed by atoms with Crippen molar-refractivity contribution in [3.8, 4) is 0 Å². The van der Waals surface area contributed by atoms with Crippen molar-refractivity contribution in [1.82, 2.24) is 4.72 Å². The summed E-state index contributed by atoms with van der Waals surface area (Å²) in [6, 6.07) is 8.34. The van der Waals surface area contributed by atoms with Crippen LogP contribution in [-0.4, -0.2) is 26.7 Å². The highest BCUT2D eigenvalue weighted by molar-refractivity contribution is 7.90. The molecule has 31 heavy (non-hydrogen) atoms. The van der Waals surface area contributed by atoms with Gasteiger partial charge in [0.2, 0.25) is 0 Å². The number of thiophene rings is 1. The van der Waals surface area contributed by atoms with Crippen molar-refractivity contribution in [1.29, 1.82) is 0 Å². The molecule has 0 fully saturated rings. The average Bonchev–Trinajstić information content (AvgIpc) is 3.36. The summed E-state index contributed by atoms with van der Waals surface area (Å²) in [6.07, 6.45) is 4.66. The fraction of sp³-hybridized carbons (Fsp3) is 0.478. The number of amides is 1. The van der Waals surface area contributed by atoms with Crippen LogP contribution < -0.4 is 10.0 Å². The van der Waals surface area contributed by atoms with Crippen LogP contribution in [0.2, 0.25) is 0 Å². The lowest BCUT2D eigenvalue weighted by atomic mass is 9.72. The van der Waals surface area contributed by atoms with E-state index in [1.54, 1.807) is 23.5 Å². The third kappa shape index (κ3) is 5.01. The van der Waals surface area contributed by atoms with E-state index in [0.717, 1.165) is 25.7 Å². The van der Waals surface area contributed by atoms with E-state index in [9.17, 15) is 13.2 Å². The largest absolute Gasteiger partial charge is 0.321 e. The summed E-state index contributed by atoms with van der Waals surface area (Å²) in [4.78, 5) is 19.1. The quantitative estimate of drug-likeness (QED) is 0.699. The van der Waals surface area contributed by atoms with Crippen molar-refractivity contribution in [2.24, 2.45) is 16.3 Å². The van der Waals surface area contributed by atoms with Gasteiger partial charge in [-0.05, 0) is 66.8 Å². The number of benzene rings is 1. The average molecular weight is 460 g/mol. The first-order valence-electron chi connectivity index (χ1n) is 10.7. The van der Waals surface area contributed by atoms with Crippen molar-refractivity contribution in [3.63, 3.8) is 0 Å². The Balaban J connectivity index is 1.47. The molecule has 0 spiro atoms. The Morgan fingerprint density at radius 3 is 2.71 bits per heavy atom. The van der Waals surface area contributed by atoms with Gasteiger partial charge in [0, 0.05) is 23.5 Å². The first kappa shape index (κ1) is 22.0. The Bertz CT molecular complexity index is 1130. The monoisotopic (exact) mass is 459 g/mol. The second-order valence-corrected chi connectivity index (χ2v) is 12.2. The van der Waals surface area contributed by atoms with Gasteiger partial charge in [-0.3, -0.25) is 14.5 Å². The lowest BCUT2D eigenvalue weighted by molar-refractivity contribution is 0.103. The van der Waals surface area contributed by atoms with E-state index < -0.39 is 10.0 Å². The number of carbonyl (C=O) groups excluding carboxylic acids is 1. The number of carbonyl (C=O) groups is 1. The van der Waals surface area contributed by atoms with Gasteiger partial charge < -0.3 is 5.32 Å². The Kier molecular flexibility index (Phi) is 5.96. The zero-order valence-corrected chi connectivity index (χ0v) is 19.8. The number of aryl methyl sites for hydroxylation is 1. The van der Waals surface area contributed by atoms with Gasteiger partial charge in [-0.2, -0.15) is 0 Å². The summed E-state index contributed by atoms with van der Waals surface area (Å²) in [6.45, 7) is 7.48. The Labute approximate surface area is 188 Å². The molecule has 0 radical (unpaired) electrons. The number of nitrogens with one attached hydrogen (secondary N) is 2. The number of hydrogen-bond acceptors (Lipinski definition) is 5. The van der Waals surface area contributed by atoms with Crippen LogP contribution in [0, 0.1) is 11.3 Å². The van der Waals surface area contributed by atoms with Crippen LogP contribution >= 0.6 is 11.3 Å². The summed E-state index contributed by atoms with van der Waals surface area (Å²) in [5.41, 5.74) is 1.99. The summed E-state index contributed by atoms with van der Waals surface area (Å²) in [5, 5.41) is 2.86. The van der Waals surface area contributed by atoms with E-state index in [-0.39, 0.29) is 16.2 Å². The predicted octanol–water partition coefficient (Wildman–Crippen LogP) is 4.62. The molecule has 2 aromatic rings. The molecule has 0 bridgehead atoms. The van der Waals surface area contributed by atoms with Gasteiger partial charge in [0.25, 0.3) is 15.9 Å². The van der Waals surface area contributed by atoms with E-state index >= 15 is 0 Å². The lowest BCUT2D eigenvalue weighted by Crippen LogP contribution is -2.29. The molecule has 1 aliphatic heterocycles. The highest BCUT2D eigenvalue weighted by atomic mass is 32.2. The standard InChI is InChI=1S/C23H29N3O3S2/c1-23(2,3)16-9-10-19-15(12-16)13-20(30-19)22(27)25-17-6-4-7-18(14-17)31(28,29)26-21-8-5-11-24-21/h4,6-7,13-14,16H,5,8-12H2,1-3H3,(H,24,26)(H,25,27). The number of fused-ring (bicyclic) bond motifs is 1. The van der Waals surface area contributed by atoms with Crippen LogP contribution in [0.25, 0.3) is 0 Å². The minimum Gasteiger partial charge on any atom is -0.321 e. The Morgan fingerprint density at radius 2 is 2.00 bits per heavy atom. The van der Waals surface area contributed by atoms with Gasteiger partial charge >= 0.3 is 0 Å². The molecule has 1 amide bonds. The van der Waals surface area contributed by atoms with Gasteiger partial charge in [0.15, 0.2) is 0 Å². The molecular weight excluding hydrogens is 430 g/mol. The minimum atomic E-state index is -3.72.